The molecule has 0 unspecified atom stereocenters. The Morgan fingerprint density at radius 2 is 1.60 bits per heavy atom. The summed E-state index contributed by atoms with van der Waals surface area (Å²) in [7, 11) is 0. The predicted octanol–water partition coefficient (Wildman–Crippen LogP) is 0.174. The molecule has 0 aromatic carbocycles. The molecule has 0 aliphatic rings. The molecule has 0 atom stereocenters. The molecule has 0 N–H and O–H groups in total. The smallest absolute Gasteiger partial charge is 0.180 e. The molecule has 0 aromatic rings. The van der Waals surface area contributed by atoms with Crippen LogP contribution in [0.3, 0.4) is 0 Å². The molecule has 0 amide bonds. The molecule has 0 aliphatic heterocycles. The average molecular weight is 129 g/mol. The second kappa shape index (κ2) is 19.1. The van der Waals surface area contributed by atoms with E-state index in [1.807, 2.05) is 6.92 Å². The lowest BCUT2D eigenvalue weighted by Crippen LogP contribution is -1.36. The monoisotopic (exact) mass is 128 g/mol. The molecule has 0 nitrogen and oxygen atoms in total. The van der Waals surface area contributed by atoms with Gasteiger partial charge in [0.05, 0.1) is 0 Å². The summed E-state index contributed by atoms with van der Waals surface area (Å²) in [5, 5.41) is 0. The van der Waals surface area contributed by atoms with Crippen LogP contribution in [0.25, 0.3) is 0 Å². The molecule has 0 spiro atoms. The van der Waals surface area contributed by atoms with E-state index in [2.05, 4.69) is 12.6 Å². The Hall–Kier alpha value is 1.17. The third-order valence-electron chi connectivity index (χ3n) is 0. The lowest BCUT2D eigenvalue weighted by molar-refractivity contribution is 1.54. The second-order valence-corrected chi connectivity index (χ2v) is 0.949. The minimum Gasteiger partial charge on any atom is -0.180 e. The van der Waals surface area contributed by atoms with Gasteiger partial charge in [-0.1, -0.05) is 6.92 Å². The van der Waals surface area contributed by atoms with Gasteiger partial charge in [-0.2, -0.15) is 12.6 Å². The molecule has 0 radical (unpaired) electrons. The van der Waals surface area contributed by atoms with Gasteiger partial charge in [0.1, 0.15) is 0 Å². The van der Waals surface area contributed by atoms with Crippen molar-refractivity contribution in [2.75, 3.05) is 5.75 Å². The molecule has 3 heteroatoms. The zero-order valence-electron chi connectivity index (χ0n) is 2.56. The molecular formula is C2H10AlClS. The fourth-order valence-electron chi connectivity index (χ4n) is 0. The van der Waals surface area contributed by atoms with Crippen LogP contribution in [0, 0.1) is 0 Å². The van der Waals surface area contributed by atoms with Crippen LogP contribution in [0.4, 0.5) is 0 Å². The van der Waals surface area contributed by atoms with Crippen LogP contribution in [0.15, 0.2) is 0 Å². The fourth-order valence-corrected chi connectivity index (χ4v) is 0. The number of rotatable bonds is 0. The van der Waals surface area contributed by atoms with Gasteiger partial charge in [0.15, 0.2) is 17.4 Å². The first-order valence-electron chi connectivity index (χ1n) is 1.02. The van der Waals surface area contributed by atoms with Crippen molar-refractivity contribution in [2.45, 2.75) is 6.92 Å². The van der Waals surface area contributed by atoms with E-state index in [1.165, 1.54) is 0 Å². The summed E-state index contributed by atoms with van der Waals surface area (Å²) in [6.45, 7) is 1.99. The Bertz CT molecular complexity index is 9.61. The Kier molecular flexibility index (Phi) is 62.6. The van der Waals surface area contributed by atoms with Crippen LogP contribution >= 0.6 is 25.0 Å². The lowest BCUT2D eigenvalue weighted by atomic mass is 11.0. The van der Waals surface area contributed by atoms with Crippen LogP contribution in [0.5, 0.6) is 0 Å². The van der Waals surface area contributed by atoms with E-state index >= 15 is 0 Å². The van der Waals surface area contributed by atoms with Gasteiger partial charge in [-0.05, 0) is 5.75 Å². The lowest BCUT2D eigenvalue weighted by Gasteiger charge is -1.48. The maximum Gasteiger partial charge on any atom is 0.187 e. The number of hydrogen-bond donors (Lipinski definition) is 1. The highest BCUT2D eigenvalue weighted by molar-refractivity contribution is 7.80. The van der Waals surface area contributed by atoms with Gasteiger partial charge in [-0.15, -0.1) is 12.4 Å². The normalized spacial score (nSPS) is 3.60. The standard InChI is InChI=1S/C2H6S.Al.ClH.3H/c1-2-3;;;;;/h3H,2H2,1H3;;1H;;;. The molecule has 0 bridgehead atoms. The molecular weight excluding hydrogens is 119 g/mol. The molecule has 34 valence electrons. The summed E-state index contributed by atoms with van der Waals surface area (Å²) in [4.78, 5) is 0. The molecule has 0 saturated heterocycles. The van der Waals surface area contributed by atoms with E-state index in [1.54, 1.807) is 0 Å². The first-order chi connectivity index (χ1) is 1.41. The van der Waals surface area contributed by atoms with Gasteiger partial charge in [0, 0.05) is 0 Å². The largest absolute Gasteiger partial charge is 0.187 e. The van der Waals surface area contributed by atoms with E-state index in [9.17, 15) is 0 Å². The maximum absolute atomic E-state index is 3.79. The Labute approximate surface area is 55.3 Å². The highest BCUT2D eigenvalue weighted by Gasteiger charge is 1.35. The van der Waals surface area contributed by atoms with Gasteiger partial charge < -0.3 is 0 Å². The fraction of sp³-hybridized carbons (Fsp3) is 1.00. The van der Waals surface area contributed by atoms with Crippen molar-refractivity contribution >= 4 is 42.4 Å². The molecule has 5 heavy (non-hydrogen) atoms. The summed E-state index contributed by atoms with van der Waals surface area (Å²) < 4.78 is 0. The van der Waals surface area contributed by atoms with Gasteiger partial charge >= 0.3 is 0 Å². The van der Waals surface area contributed by atoms with Crippen molar-refractivity contribution in [2.24, 2.45) is 0 Å². The Balaban J connectivity index is -0.0000000200. The van der Waals surface area contributed by atoms with Gasteiger partial charge in [-0.3, -0.25) is 0 Å². The maximum atomic E-state index is 3.79. The van der Waals surface area contributed by atoms with E-state index in [0.29, 0.717) is 0 Å². The van der Waals surface area contributed by atoms with Crippen LogP contribution in [0.1, 0.15) is 6.92 Å². The highest BCUT2D eigenvalue weighted by atomic mass is 35.5. The summed E-state index contributed by atoms with van der Waals surface area (Å²) >= 11 is 3.79. The first kappa shape index (κ1) is 16.4. The molecule has 0 fully saturated rings. The third-order valence-corrected chi connectivity index (χ3v) is 0. The molecule has 0 aromatic heterocycles. The van der Waals surface area contributed by atoms with Crippen molar-refractivity contribution in [1.29, 1.82) is 0 Å². The number of hydrogen-bond acceptors (Lipinski definition) is 1. The van der Waals surface area contributed by atoms with Crippen LogP contribution in [-0.4, -0.2) is 23.1 Å². The van der Waals surface area contributed by atoms with Crippen LogP contribution in [0.2, 0.25) is 0 Å². The average Bonchev–Trinajstić information content (AvgIpc) is 0.918. The van der Waals surface area contributed by atoms with Crippen molar-refractivity contribution < 1.29 is 0 Å². The first-order valence-corrected chi connectivity index (χ1v) is 1.66. The van der Waals surface area contributed by atoms with E-state index < -0.39 is 0 Å². The quantitative estimate of drug-likeness (QED) is 0.349. The van der Waals surface area contributed by atoms with E-state index in [0.717, 1.165) is 5.75 Å². The highest BCUT2D eigenvalue weighted by Crippen LogP contribution is 1.58. The van der Waals surface area contributed by atoms with Gasteiger partial charge in [0.25, 0.3) is 0 Å². The zero-order valence-corrected chi connectivity index (χ0v) is 4.27. The number of halogens is 1. The Morgan fingerprint density at radius 3 is 1.60 bits per heavy atom. The molecule has 0 heterocycles. The summed E-state index contributed by atoms with van der Waals surface area (Å²) in [5.41, 5.74) is 0. The van der Waals surface area contributed by atoms with Crippen molar-refractivity contribution in [3.63, 3.8) is 0 Å². The predicted molar refractivity (Wildman–Crippen MR) is 36.7 cm³/mol. The van der Waals surface area contributed by atoms with Crippen LogP contribution < -0.4 is 0 Å². The van der Waals surface area contributed by atoms with Crippen molar-refractivity contribution in [3.05, 3.63) is 0 Å². The summed E-state index contributed by atoms with van der Waals surface area (Å²) in [6.07, 6.45) is 0. The summed E-state index contributed by atoms with van der Waals surface area (Å²) in [6, 6.07) is 0. The van der Waals surface area contributed by atoms with E-state index in [4.69, 9.17) is 0 Å². The van der Waals surface area contributed by atoms with Crippen molar-refractivity contribution in [1.82, 2.24) is 0 Å². The zero-order chi connectivity index (χ0) is 2.71. The van der Waals surface area contributed by atoms with E-state index in [-0.39, 0.29) is 29.8 Å². The van der Waals surface area contributed by atoms with Gasteiger partial charge in [0.2, 0.25) is 0 Å². The SMILES string of the molecule is CCS.Cl.[AlH3]. The number of thiol groups is 1. The van der Waals surface area contributed by atoms with Gasteiger partial charge in [-0.25, -0.2) is 0 Å². The van der Waals surface area contributed by atoms with Crippen molar-refractivity contribution in [3.8, 4) is 0 Å². The second-order valence-electron chi connectivity index (χ2n) is 0.316. The van der Waals surface area contributed by atoms with Crippen LogP contribution in [-0.2, 0) is 0 Å². The minimum atomic E-state index is 0. The topological polar surface area (TPSA) is 0 Å². The third kappa shape index (κ3) is 37.9. The molecule has 0 saturated carbocycles. The summed E-state index contributed by atoms with van der Waals surface area (Å²) in [5.74, 6) is 0.944. The molecule has 0 aliphatic carbocycles. The molecule has 0 rings (SSSR count). The minimum absolute atomic E-state index is 0. The Morgan fingerprint density at radius 1 is 1.60 bits per heavy atom.